The molecule has 0 aromatic heterocycles. The average molecular weight is 553 g/mol. The molecule has 0 aliphatic carbocycles. The number of carbonyl (C=O) groups excluding carboxylic acids is 3. The molecule has 0 bridgehead atoms. The van der Waals surface area contributed by atoms with E-state index in [1.165, 1.54) is 19.4 Å². The summed E-state index contributed by atoms with van der Waals surface area (Å²) < 4.78 is 16.3. The molecule has 3 amide bonds. The SMILES string of the molecule is COc1cc(/C=N\NC(=O)C(=O)NCCCOC(C)C)cc(Cl)c1OCC(=O)Nc1cc(Cl)ccc1C. The topological polar surface area (TPSA) is 127 Å². The molecule has 0 atom stereocenters. The zero-order chi connectivity index (χ0) is 27.4. The minimum absolute atomic E-state index is 0.102. The highest BCUT2D eigenvalue weighted by Crippen LogP contribution is 2.36. The van der Waals surface area contributed by atoms with Gasteiger partial charge in [0.15, 0.2) is 18.1 Å². The largest absolute Gasteiger partial charge is 0.493 e. The van der Waals surface area contributed by atoms with Gasteiger partial charge in [0.05, 0.1) is 24.5 Å². The van der Waals surface area contributed by atoms with Crippen LogP contribution in [0.5, 0.6) is 11.5 Å². The molecule has 0 radical (unpaired) electrons. The van der Waals surface area contributed by atoms with Crippen molar-refractivity contribution in [1.82, 2.24) is 10.7 Å². The lowest BCUT2D eigenvalue weighted by molar-refractivity contribution is -0.139. The van der Waals surface area contributed by atoms with E-state index in [4.69, 9.17) is 37.4 Å². The predicted octanol–water partition coefficient (Wildman–Crippen LogP) is 3.71. The lowest BCUT2D eigenvalue weighted by Crippen LogP contribution is -2.38. The zero-order valence-corrected chi connectivity index (χ0v) is 22.5. The van der Waals surface area contributed by atoms with Gasteiger partial charge >= 0.3 is 11.8 Å². The van der Waals surface area contributed by atoms with Crippen LogP contribution in [-0.4, -0.2) is 56.9 Å². The molecule has 0 spiro atoms. The van der Waals surface area contributed by atoms with Gasteiger partial charge in [-0.15, -0.1) is 0 Å². The van der Waals surface area contributed by atoms with Gasteiger partial charge in [-0.05, 0) is 62.6 Å². The van der Waals surface area contributed by atoms with Crippen molar-refractivity contribution in [3.63, 3.8) is 0 Å². The fourth-order valence-electron chi connectivity index (χ4n) is 2.90. The first-order valence-electron chi connectivity index (χ1n) is 11.4. The van der Waals surface area contributed by atoms with Crippen LogP contribution in [0.1, 0.15) is 31.4 Å². The molecule has 0 fully saturated rings. The van der Waals surface area contributed by atoms with Crippen molar-refractivity contribution in [2.45, 2.75) is 33.3 Å². The number of hydrazone groups is 1. The van der Waals surface area contributed by atoms with Gasteiger partial charge in [0, 0.05) is 23.9 Å². The molecular weight excluding hydrogens is 523 g/mol. The number of anilines is 1. The van der Waals surface area contributed by atoms with Crippen LogP contribution in [0, 0.1) is 6.92 Å². The maximum Gasteiger partial charge on any atom is 0.329 e. The molecule has 10 nitrogen and oxygen atoms in total. The van der Waals surface area contributed by atoms with Crippen LogP contribution in [0.2, 0.25) is 10.0 Å². The van der Waals surface area contributed by atoms with Gasteiger partial charge in [-0.25, -0.2) is 5.43 Å². The zero-order valence-electron chi connectivity index (χ0n) is 21.0. The number of benzene rings is 2. The van der Waals surface area contributed by atoms with Crippen molar-refractivity contribution in [3.8, 4) is 11.5 Å². The second-order valence-corrected chi connectivity index (χ2v) is 8.90. The molecule has 3 N–H and O–H groups in total. The smallest absolute Gasteiger partial charge is 0.329 e. The Morgan fingerprint density at radius 3 is 2.57 bits per heavy atom. The van der Waals surface area contributed by atoms with E-state index in [0.717, 1.165) is 5.56 Å². The minimum Gasteiger partial charge on any atom is -0.493 e. The predicted molar refractivity (Wildman–Crippen MR) is 143 cm³/mol. The third-order valence-corrected chi connectivity index (χ3v) is 5.23. The number of carbonyl (C=O) groups is 3. The van der Waals surface area contributed by atoms with Gasteiger partial charge in [-0.1, -0.05) is 29.3 Å². The summed E-state index contributed by atoms with van der Waals surface area (Å²) in [6.07, 6.45) is 1.97. The number of halogens is 2. The molecule has 0 aliphatic heterocycles. The fraction of sp³-hybridized carbons (Fsp3) is 0.360. The van der Waals surface area contributed by atoms with Crippen LogP contribution >= 0.6 is 23.2 Å². The third-order valence-electron chi connectivity index (χ3n) is 4.72. The third kappa shape index (κ3) is 10.3. The van der Waals surface area contributed by atoms with Gasteiger partial charge in [0.2, 0.25) is 0 Å². The van der Waals surface area contributed by atoms with Gasteiger partial charge in [0.25, 0.3) is 5.91 Å². The molecule has 2 aromatic rings. The molecule has 0 saturated heterocycles. The normalized spacial score (nSPS) is 10.9. The van der Waals surface area contributed by atoms with Crippen LogP contribution in [0.4, 0.5) is 5.69 Å². The number of nitrogens with one attached hydrogen (secondary N) is 3. The van der Waals surface area contributed by atoms with Crippen molar-refractivity contribution in [2.24, 2.45) is 5.10 Å². The van der Waals surface area contributed by atoms with Crippen LogP contribution in [0.15, 0.2) is 35.4 Å². The van der Waals surface area contributed by atoms with Gasteiger partial charge < -0.3 is 24.8 Å². The molecule has 2 rings (SSSR count). The highest BCUT2D eigenvalue weighted by atomic mass is 35.5. The van der Waals surface area contributed by atoms with Crippen LogP contribution in [0.3, 0.4) is 0 Å². The van der Waals surface area contributed by atoms with Gasteiger partial charge in [0.1, 0.15) is 0 Å². The number of amides is 3. The maximum atomic E-state index is 12.3. The summed E-state index contributed by atoms with van der Waals surface area (Å²) in [7, 11) is 1.41. The first kappa shape index (κ1) is 29.9. The second-order valence-electron chi connectivity index (χ2n) is 8.06. The van der Waals surface area contributed by atoms with E-state index in [1.54, 1.807) is 24.3 Å². The summed E-state index contributed by atoms with van der Waals surface area (Å²) in [5, 5.41) is 9.63. The molecular formula is C25H30Cl2N4O6. The highest BCUT2D eigenvalue weighted by Gasteiger charge is 2.15. The summed E-state index contributed by atoms with van der Waals surface area (Å²) in [5.41, 5.74) is 4.02. The van der Waals surface area contributed by atoms with Gasteiger partial charge in [-0.2, -0.15) is 5.10 Å². The summed E-state index contributed by atoms with van der Waals surface area (Å²) >= 11 is 12.3. The Hall–Kier alpha value is -3.34. The molecule has 2 aromatic carbocycles. The Kier molecular flexibility index (Phi) is 12.1. The minimum atomic E-state index is -0.917. The molecule has 37 heavy (non-hydrogen) atoms. The monoisotopic (exact) mass is 552 g/mol. The highest BCUT2D eigenvalue weighted by molar-refractivity contribution is 6.35. The van der Waals surface area contributed by atoms with E-state index in [-0.39, 0.29) is 29.2 Å². The summed E-state index contributed by atoms with van der Waals surface area (Å²) in [6, 6.07) is 8.21. The first-order chi connectivity index (χ1) is 17.6. The lowest BCUT2D eigenvalue weighted by atomic mass is 10.2. The maximum absolute atomic E-state index is 12.3. The number of rotatable bonds is 12. The lowest BCUT2D eigenvalue weighted by Gasteiger charge is -2.14. The van der Waals surface area contributed by atoms with Gasteiger partial charge in [-0.3, -0.25) is 14.4 Å². The quantitative estimate of drug-likeness (QED) is 0.159. The Labute approximate surface area is 225 Å². The van der Waals surface area contributed by atoms with Crippen LogP contribution in [-0.2, 0) is 19.1 Å². The van der Waals surface area contributed by atoms with Crippen molar-refractivity contribution in [1.29, 1.82) is 0 Å². The number of ether oxygens (including phenoxy) is 3. The van der Waals surface area contributed by atoms with E-state index in [2.05, 4.69) is 21.2 Å². The number of nitrogens with zero attached hydrogens (tertiary/aromatic N) is 1. The van der Waals surface area contributed by atoms with Crippen molar-refractivity contribution >= 4 is 52.8 Å². The Balaban J connectivity index is 1.90. The summed E-state index contributed by atoms with van der Waals surface area (Å²) in [6.45, 7) is 6.11. The Bertz CT molecular complexity index is 1140. The number of hydrogen-bond donors (Lipinski definition) is 3. The Morgan fingerprint density at radius 1 is 1.11 bits per heavy atom. The Morgan fingerprint density at radius 2 is 1.86 bits per heavy atom. The van der Waals surface area contributed by atoms with E-state index >= 15 is 0 Å². The van der Waals surface area contributed by atoms with E-state index in [0.29, 0.717) is 35.8 Å². The summed E-state index contributed by atoms with van der Waals surface area (Å²) in [4.78, 5) is 36.1. The average Bonchev–Trinajstić information content (AvgIpc) is 2.84. The fourth-order valence-corrected chi connectivity index (χ4v) is 3.34. The number of hydrogen-bond acceptors (Lipinski definition) is 7. The molecule has 0 unspecified atom stereocenters. The molecule has 0 aliphatic rings. The van der Waals surface area contributed by atoms with Crippen molar-refractivity contribution in [3.05, 3.63) is 51.5 Å². The van der Waals surface area contributed by atoms with E-state index < -0.39 is 17.7 Å². The molecule has 0 heterocycles. The number of methoxy groups -OCH3 is 1. The van der Waals surface area contributed by atoms with Crippen molar-refractivity contribution < 1.29 is 28.6 Å². The van der Waals surface area contributed by atoms with Crippen LogP contribution < -0.4 is 25.5 Å². The van der Waals surface area contributed by atoms with Crippen LogP contribution in [0.25, 0.3) is 0 Å². The molecule has 200 valence electrons. The van der Waals surface area contributed by atoms with Crippen molar-refractivity contribution in [2.75, 3.05) is 32.2 Å². The number of aryl methyl sites for hydroxylation is 1. The standard InChI is InChI=1S/C25H30Cl2N4O6/c1-15(2)36-9-5-8-28-24(33)25(34)31-29-13-17-10-19(27)23(21(11-17)35-4)37-14-22(32)30-20-12-18(26)7-6-16(20)3/h6-7,10-13,15H,5,8-9,14H2,1-4H3,(H,28,33)(H,30,32)(H,31,34)/b29-13-. The second kappa shape index (κ2) is 15.0. The molecule has 12 heteroatoms. The summed E-state index contributed by atoms with van der Waals surface area (Å²) in [5.74, 6) is -1.74. The molecule has 0 saturated carbocycles. The van der Waals surface area contributed by atoms with E-state index in [1.807, 2.05) is 20.8 Å². The first-order valence-corrected chi connectivity index (χ1v) is 12.2. The van der Waals surface area contributed by atoms with E-state index in [9.17, 15) is 14.4 Å².